The van der Waals surface area contributed by atoms with E-state index < -0.39 is 0 Å². The van der Waals surface area contributed by atoms with Crippen LogP contribution < -0.4 is 5.73 Å². The van der Waals surface area contributed by atoms with Crippen LogP contribution in [-0.4, -0.2) is 16.3 Å². The summed E-state index contributed by atoms with van der Waals surface area (Å²) in [5, 5.41) is 4.26. The summed E-state index contributed by atoms with van der Waals surface area (Å²) in [7, 11) is 2.02. The molecule has 1 aliphatic rings. The van der Waals surface area contributed by atoms with Gasteiger partial charge in [0.1, 0.15) is 0 Å². The van der Waals surface area contributed by atoms with Crippen LogP contribution in [0.3, 0.4) is 0 Å². The lowest BCUT2D eigenvalue weighted by atomic mass is 10.1. The SMILES string of the molecule is Cn1ncc(CCN)c1C1CC1. The van der Waals surface area contributed by atoms with Gasteiger partial charge in [-0.15, -0.1) is 0 Å². The molecule has 0 aliphatic heterocycles. The molecule has 3 heteroatoms. The van der Waals surface area contributed by atoms with Crippen LogP contribution in [0.1, 0.15) is 30.0 Å². The van der Waals surface area contributed by atoms with Gasteiger partial charge in [-0.2, -0.15) is 5.10 Å². The first-order chi connectivity index (χ1) is 5.83. The fourth-order valence-corrected chi connectivity index (χ4v) is 1.72. The van der Waals surface area contributed by atoms with Crippen molar-refractivity contribution in [1.29, 1.82) is 0 Å². The number of hydrogen-bond donors (Lipinski definition) is 1. The molecule has 0 bridgehead atoms. The van der Waals surface area contributed by atoms with Crippen molar-refractivity contribution in [2.24, 2.45) is 12.8 Å². The third-order valence-electron chi connectivity index (χ3n) is 2.44. The maximum absolute atomic E-state index is 5.52. The summed E-state index contributed by atoms with van der Waals surface area (Å²) in [4.78, 5) is 0. The van der Waals surface area contributed by atoms with Crippen LogP contribution in [0.4, 0.5) is 0 Å². The Bertz CT molecular complexity index is 273. The van der Waals surface area contributed by atoms with Gasteiger partial charge in [0.15, 0.2) is 0 Å². The Morgan fingerprint density at radius 1 is 1.67 bits per heavy atom. The van der Waals surface area contributed by atoms with E-state index in [1.165, 1.54) is 24.1 Å². The van der Waals surface area contributed by atoms with Gasteiger partial charge in [0.25, 0.3) is 0 Å². The van der Waals surface area contributed by atoms with Gasteiger partial charge in [0, 0.05) is 18.7 Å². The van der Waals surface area contributed by atoms with E-state index in [0.29, 0.717) is 0 Å². The molecular weight excluding hydrogens is 150 g/mol. The molecule has 0 amide bonds. The van der Waals surface area contributed by atoms with Crippen molar-refractivity contribution in [3.8, 4) is 0 Å². The summed E-state index contributed by atoms with van der Waals surface area (Å²) in [6.45, 7) is 0.728. The van der Waals surface area contributed by atoms with Gasteiger partial charge in [-0.25, -0.2) is 0 Å². The van der Waals surface area contributed by atoms with Crippen molar-refractivity contribution in [3.05, 3.63) is 17.5 Å². The van der Waals surface area contributed by atoms with Gasteiger partial charge in [-0.05, 0) is 31.4 Å². The molecule has 0 radical (unpaired) electrons. The minimum absolute atomic E-state index is 0.728. The molecule has 2 N–H and O–H groups in total. The molecular formula is C9H15N3. The second-order valence-electron chi connectivity index (χ2n) is 3.49. The summed E-state index contributed by atoms with van der Waals surface area (Å²) >= 11 is 0. The molecule has 12 heavy (non-hydrogen) atoms. The van der Waals surface area contributed by atoms with E-state index in [1.54, 1.807) is 0 Å². The predicted octanol–water partition coefficient (Wildman–Crippen LogP) is 0.799. The molecule has 66 valence electrons. The fourth-order valence-electron chi connectivity index (χ4n) is 1.72. The molecule has 1 aromatic heterocycles. The standard InChI is InChI=1S/C9H15N3/c1-12-9(7-2-3-7)8(4-5-10)6-11-12/h6-7H,2-5,10H2,1H3. The molecule has 0 atom stereocenters. The van der Waals surface area contributed by atoms with Crippen LogP contribution in [0.15, 0.2) is 6.20 Å². The zero-order chi connectivity index (χ0) is 8.55. The first kappa shape index (κ1) is 7.80. The zero-order valence-corrected chi connectivity index (χ0v) is 7.45. The Morgan fingerprint density at radius 2 is 2.42 bits per heavy atom. The topological polar surface area (TPSA) is 43.8 Å². The van der Waals surface area contributed by atoms with E-state index in [-0.39, 0.29) is 0 Å². The smallest absolute Gasteiger partial charge is 0.0525 e. The number of aromatic nitrogens is 2. The summed E-state index contributed by atoms with van der Waals surface area (Å²) in [5.41, 5.74) is 8.29. The van der Waals surface area contributed by atoms with Gasteiger partial charge >= 0.3 is 0 Å². The van der Waals surface area contributed by atoms with Crippen LogP contribution in [0, 0.1) is 0 Å². The molecule has 3 nitrogen and oxygen atoms in total. The van der Waals surface area contributed by atoms with E-state index in [0.717, 1.165) is 18.9 Å². The minimum atomic E-state index is 0.728. The average molecular weight is 165 g/mol. The Hall–Kier alpha value is -0.830. The van der Waals surface area contributed by atoms with E-state index in [9.17, 15) is 0 Å². The Morgan fingerprint density at radius 3 is 3.00 bits per heavy atom. The van der Waals surface area contributed by atoms with Crippen molar-refractivity contribution < 1.29 is 0 Å². The van der Waals surface area contributed by atoms with E-state index in [4.69, 9.17) is 5.73 Å². The maximum Gasteiger partial charge on any atom is 0.0525 e. The highest BCUT2D eigenvalue weighted by Crippen LogP contribution is 2.41. The first-order valence-electron chi connectivity index (χ1n) is 4.53. The van der Waals surface area contributed by atoms with Gasteiger partial charge in [-0.3, -0.25) is 4.68 Å². The van der Waals surface area contributed by atoms with Crippen LogP contribution in [0.2, 0.25) is 0 Å². The average Bonchev–Trinajstić information content (AvgIpc) is 2.80. The van der Waals surface area contributed by atoms with E-state index >= 15 is 0 Å². The number of nitrogens with zero attached hydrogens (tertiary/aromatic N) is 2. The summed E-state index contributed by atoms with van der Waals surface area (Å²) in [6, 6.07) is 0. The van der Waals surface area contributed by atoms with Gasteiger partial charge in [0.2, 0.25) is 0 Å². The summed E-state index contributed by atoms with van der Waals surface area (Å²) in [5.74, 6) is 0.777. The minimum Gasteiger partial charge on any atom is -0.330 e. The second kappa shape index (κ2) is 2.90. The highest BCUT2D eigenvalue weighted by Gasteiger charge is 2.28. The number of nitrogens with two attached hydrogens (primary N) is 1. The van der Waals surface area contributed by atoms with Gasteiger partial charge < -0.3 is 5.73 Å². The molecule has 1 fully saturated rings. The lowest BCUT2D eigenvalue weighted by Gasteiger charge is -2.02. The Kier molecular flexibility index (Phi) is 1.89. The lowest BCUT2D eigenvalue weighted by Crippen LogP contribution is -2.05. The maximum atomic E-state index is 5.52. The zero-order valence-electron chi connectivity index (χ0n) is 7.45. The third-order valence-corrected chi connectivity index (χ3v) is 2.44. The lowest BCUT2D eigenvalue weighted by molar-refractivity contribution is 0.709. The monoisotopic (exact) mass is 165 g/mol. The largest absolute Gasteiger partial charge is 0.330 e. The van der Waals surface area contributed by atoms with Gasteiger partial charge in [0.05, 0.1) is 6.20 Å². The third kappa shape index (κ3) is 1.25. The molecule has 0 saturated heterocycles. The second-order valence-corrected chi connectivity index (χ2v) is 3.49. The van der Waals surface area contributed by atoms with Crippen LogP contribution in [-0.2, 0) is 13.5 Å². The van der Waals surface area contributed by atoms with Gasteiger partial charge in [-0.1, -0.05) is 0 Å². The summed E-state index contributed by atoms with van der Waals surface area (Å²) in [6.07, 6.45) is 5.59. The van der Waals surface area contributed by atoms with Crippen LogP contribution >= 0.6 is 0 Å². The quantitative estimate of drug-likeness (QED) is 0.720. The van der Waals surface area contributed by atoms with E-state index in [2.05, 4.69) is 5.10 Å². The molecule has 1 aliphatic carbocycles. The normalized spacial score (nSPS) is 16.8. The Balaban J connectivity index is 2.27. The summed E-state index contributed by atoms with van der Waals surface area (Å²) < 4.78 is 2.00. The highest BCUT2D eigenvalue weighted by atomic mass is 15.3. The molecule has 0 aromatic carbocycles. The van der Waals surface area contributed by atoms with Crippen LogP contribution in [0.5, 0.6) is 0 Å². The van der Waals surface area contributed by atoms with Crippen molar-refractivity contribution in [2.45, 2.75) is 25.2 Å². The van der Waals surface area contributed by atoms with Crippen molar-refractivity contribution >= 4 is 0 Å². The van der Waals surface area contributed by atoms with Crippen molar-refractivity contribution in [2.75, 3.05) is 6.54 Å². The first-order valence-corrected chi connectivity index (χ1v) is 4.53. The molecule has 1 heterocycles. The predicted molar refractivity (Wildman–Crippen MR) is 47.9 cm³/mol. The molecule has 0 spiro atoms. The fraction of sp³-hybridized carbons (Fsp3) is 0.667. The molecule has 2 rings (SSSR count). The van der Waals surface area contributed by atoms with Crippen molar-refractivity contribution in [3.63, 3.8) is 0 Å². The van der Waals surface area contributed by atoms with Crippen LogP contribution in [0.25, 0.3) is 0 Å². The number of aryl methyl sites for hydroxylation is 1. The highest BCUT2D eigenvalue weighted by molar-refractivity contribution is 5.25. The molecule has 0 unspecified atom stereocenters. The van der Waals surface area contributed by atoms with E-state index in [1.807, 2.05) is 17.9 Å². The molecule has 1 aromatic rings. The number of hydrogen-bond acceptors (Lipinski definition) is 2. The number of rotatable bonds is 3. The Labute approximate surface area is 72.6 Å². The van der Waals surface area contributed by atoms with Crippen molar-refractivity contribution in [1.82, 2.24) is 9.78 Å². The molecule has 1 saturated carbocycles.